The van der Waals surface area contributed by atoms with Crippen molar-refractivity contribution in [2.45, 2.75) is 25.0 Å². The molecule has 2 rings (SSSR count). The summed E-state index contributed by atoms with van der Waals surface area (Å²) in [5.41, 5.74) is 0. The van der Waals surface area contributed by atoms with Crippen LogP contribution in [-0.2, 0) is 16.6 Å². The minimum absolute atomic E-state index is 0.0437. The highest BCUT2D eigenvalue weighted by atomic mass is 16.5. The zero-order valence-electron chi connectivity index (χ0n) is 9.09. The summed E-state index contributed by atoms with van der Waals surface area (Å²) in [6.07, 6.45) is 4.22. The average Bonchev–Trinajstić information content (AvgIpc) is 2.83. The number of rotatable bonds is 4. The molecule has 1 aromatic rings. The molecular formula is C10H15N3O3. The Bertz CT molecular complexity index is 377. The van der Waals surface area contributed by atoms with Crippen LogP contribution in [0.4, 0.5) is 5.95 Å². The molecule has 2 unspecified atom stereocenters. The largest absolute Gasteiger partial charge is 0.479 e. The molecule has 1 saturated heterocycles. The zero-order chi connectivity index (χ0) is 11.5. The van der Waals surface area contributed by atoms with Gasteiger partial charge in [-0.15, -0.1) is 0 Å². The Hall–Kier alpha value is -1.56. The third kappa shape index (κ3) is 2.33. The number of hydrogen-bond donors (Lipinski definition) is 2. The van der Waals surface area contributed by atoms with Gasteiger partial charge in [-0.25, -0.2) is 9.78 Å². The van der Waals surface area contributed by atoms with Crippen molar-refractivity contribution in [3.63, 3.8) is 0 Å². The van der Waals surface area contributed by atoms with E-state index in [1.807, 2.05) is 17.8 Å². The number of carboxylic acid groups (broad SMARTS) is 1. The van der Waals surface area contributed by atoms with E-state index in [0.29, 0.717) is 13.0 Å². The van der Waals surface area contributed by atoms with Gasteiger partial charge in [0.1, 0.15) is 0 Å². The maximum atomic E-state index is 10.7. The van der Waals surface area contributed by atoms with Crippen molar-refractivity contribution in [2.75, 3.05) is 11.9 Å². The number of carbonyl (C=O) groups is 1. The normalized spacial score (nSPS) is 24.6. The van der Waals surface area contributed by atoms with Crippen LogP contribution in [0.15, 0.2) is 12.4 Å². The minimum atomic E-state index is -0.875. The first-order valence-corrected chi connectivity index (χ1v) is 5.26. The van der Waals surface area contributed by atoms with Gasteiger partial charge in [-0.1, -0.05) is 0 Å². The third-order valence-electron chi connectivity index (χ3n) is 2.69. The maximum absolute atomic E-state index is 10.7. The molecule has 0 saturated carbocycles. The first-order valence-electron chi connectivity index (χ1n) is 5.26. The zero-order valence-corrected chi connectivity index (χ0v) is 9.09. The molecule has 0 radical (unpaired) electrons. The van der Waals surface area contributed by atoms with Gasteiger partial charge in [0.05, 0.1) is 6.10 Å². The number of ether oxygens (including phenoxy) is 1. The summed E-state index contributed by atoms with van der Waals surface area (Å²) in [6.45, 7) is 0.592. The van der Waals surface area contributed by atoms with Crippen LogP contribution in [0.25, 0.3) is 0 Å². The summed E-state index contributed by atoms with van der Waals surface area (Å²) in [5.74, 6) is -0.109. The Balaban J connectivity index is 1.80. The quantitative estimate of drug-likeness (QED) is 0.778. The summed E-state index contributed by atoms with van der Waals surface area (Å²) < 4.78 is 7.23. The number of carboxylic acids is 1. The van der Waals surface area contributed by atoms with Crippen LogP contribution in [0.5, 0.6) is 0 Å². The van der Waals surface area contributed by atoms with Crippen LogP contribution < -0.4 is 5.32 Å². The monoisotopic (exact) mass is 225 g/mol. The van der Waals surface area contributed by atoms with Crippen LogP contribution in [0.2, 0.25) is 0 Å². The SMILES string of the molecule is Cn1ccnc1NCC1CCC(C(=O)O)O1. The molecule has 0 bridgehead atoms. The predicted molar refractivity (Wildman–Crippen MR) is 57.2 cm³/mol. The molecule has 2 heterocycles. The fourth-order valence-electron chi connectivity index (χ4n) is 1.78. The molecule has 88 valence electrons. The molecular weight excluding hydrogens is 210 g/mol. The highest BCUT2D eigenvalue weighted by Gasteiger charge is 2.30. The van der Waals surface area contributed by atoms with Crippen molar-refractivity contribution in [3.05, 3.63) is 12.4 Å². The lowest BCUT2D eigenvalue weighted by atomic mass is 10.2. The molecule has 0 spiro atoms. The van der Waals surface area contributed by atoms with Gasteiger partial charge in [-0.3, -0.25) is 0 Å². The van der Waals surface area contributed by atoms with Crippen LogP contribution in [0.1, 0.15) is 12.8 Å². The maximum Gasteiger partial charge on any atom is 0.332 e. The molecule has 2 N–H and O–H groups in total. The highest BCUT2D eigenvalue weighted by molar-refractivity contribution is 5.72. The fourth-order valence-corrected chi connectivity index (χ4v) is 1.78. The molecule has 6 heteroatoms. The van der Waals surface area contributed by atoms with E-state index in [4.69, 9.17) is 9.84 Å². The molecule has 1 fully saturated rings. The van der Waals surface area contributed by atoms with Gasteiger partial charge in [0.15, 0.2) is 6.10 Å². The molecule has 2 atom stereocenters. The number of aromatic nitrogens is 2. The lowest BCUT2D eigenvalue weighted by Gasteiger charge is -2.12. The van der Waals surface area contributed by atoms with E-state index in [9.17, 15) is 4.79 Å². The average molecular weight is 225 g/mol. The Morgan fingerprint density at radius 2 is 2.56 bits per heavy atom. The molecule has 1 aromatic heterocycles. The number of aliphatic carboxylic acids is 1. The Kier molecular flexibility index (Phi) is 3.09. The van der Waals surface area contributed by atoms with E-state index in [1.54, 1.807) is 6.20 Å². The van der Waals surface area contributed by atoms with Gasteiger partial charge in [0.25, 0.3) is 0 Å². The van der Waals surface area contributed by atoms with Crippen LogP contribution in [-0.4, -0.2) is 39.4 Å². The van der Waals surface area contributed by atoms with Crippen LogP contribution in [0.3, 0.4) is 0 Å². The van der Waals surface area contributed by atoms with E-state index < -0.39 is 12.1 Å². The van der Waals surface area contributed by atoms with Crippen molar-refractivity contribution in [3.8, 4) is 0 Å². The van der Waals surface area contributed by atoms with Gasteiger partial charge in [-0.05, 0) is 12.8 Å². The van der Waals surface area contributed by atoms with Crippen molar-refractivity contribution in [1.82, 2.24) is 9.55 Å². The topological polar surface area (TPSA) is 76.4 Å². The van der Waals surface area contributed by atoms with Crippen molar-refractivity contribution >= 4 is 11.9 Å². The van der Waals surface area contributed by atoms with Gasteiger partial charge in [0.2, 0.25) is 5.95 Å². The smallest absolute Gasteiger partial charge is 0.332 e. The van der Waals surface area contributed by atoms with Crippen molar-refractivity contribution in [2.24, 2.45) is 7.05 Å². The summed E-state index contributed by atoms with van der Waals surface area (Å²) in [5, 5.41) is 11.9. The number of imidazole rings is 1. The minimum Gasteiger partial charge on any atom is -0.479 e. The van der Waals surface area contributed by atoms with Crippen molar-refractivity contribution in [1.29, 1.82) is 0 Å². The van der Waals surface area contributed by atoms with Gasteiger partial charge >= 0.3 is 5.97 Å². The highest BCUT2D eigenvalue weighted by Crippen LogP contribution is 2.20. The van der Waals surface area contributed by atoms with Crippen molar-refractivity contribution < 1.29 is 14.6 Å². The number of anilines is 1. The summed E-state index contributed by atoms with van der Waals surface area (Å²) in [4.78, 5) is 14.8. The van der Waals surface area contributed by atoms with E-state index >= 15 is 0 Å². The number of nitrogens with one attached hydrogen (secondary N) is 1. The lowest BCUT2D eigenvalue weighted by molar-refractivity contribution is -0.149. The lowest BCUT2D eigenvalue weighted by Crippen LogP contribution is -2.25. The predicted octanol–water partition coefficient (Wildman–Crippen LogP) is 0.464. The van der Waals surface area contributed by atoms with E-state index in [-0.39, 0.29) is 6.10 Å². The second-order valence-corrected chi connectivity index (χ2v) is 3.90. The molecule has 0 amide bonds. The third-order valence-corrected chi connectivity index (χ3v) is 2.69. The van der Waals surface area contributed by atoms with Crippen LogP contribution in [0, 0.1) is 0 Å². The molecule has 6 nitrogen and oxygen atoms in total. The molecule has 0 aliphatic carbocycles. The Morgan fingerprint density at radius 1 is 1.75 bits per heavy atom. The summed E-state index contributed by atoms with van der Waals surface area (Å²) in [6, 6.07) is 0. The molecule has 1 aliphatic heterocycles. The summed E-state index contributed by atoms with van der Waals surface area (Å²) in [7, 11) is 1.89. The van der Waals surface area contributed by atoms with Crippen LogP contribution >= 0.6 is 0 Å². The molecule has 0 aromatic carbocycles. The Morgan fingerprint density at radius 3 is 3.12 bits per heavy atom. The van der Waals surface area contributed by atoms with E-state index in [2.05, 4.69) is 10.3 Å². The second-order valence-electron chi connectivity index (χ2n) is 3.90. The van der Waals surface area contributed by atoms with E-state index in [1.165, 1.54) is 0 Å². The molecule has 16 heavy (non-hydrogen) atoms. The van der Waals surface area contributed by atoms with Gasteiger partial charge in [0, 0.05) is 26.0 Å². The Labute approximate surface area is 93.2 Å². The number of aryl methyl sites for hydroxylation is 1. The van der Waals surface area contributed by atoms with Gasteiger partial charge in [-0.2, -0.15) is 0 Å². The second kappa shape index (κ2) is 4.52. The number of nitrogens with zero attached hydrogens (tertiary/aromatic N) is 2. The van der Waals surface area contributed by atoms with Gasteiger partial charge < -0.3 is 19.7 Å². The standard InChI is InChI=1S/C10H15N3O3/c1-13-5-4-11-10(13)12-6-7-2-3-8(16-7)9(14)15/h4-5,7-8H,2-3,6H2,1H3,(H,11,12)(H,14,15). The molecule has 1 aliphatic rings. The number of hydrogen-bond acceptors (Lipinski definition) is 4. The first kappa shape index (κ1) is 10.9. The summed E-state index contributed by atoms with van der Waals surface area (Å²) >= 11 is 0. The fraction of sp³-hybridized carbons (Fsp3) is 0.600. The first-order chi connectivity index (χ1) is 7.66. The van der Waals surface area contributed by atoms with E-state index in [0.717, 1.165) is 12.4 Å².